The molecule has 0 radical (unpaired) electrons. The highest BCUT2D eigenvalue weighted by molar-refractivity contribution is 14.1. The van der Waals surface area contributed by atoms with Crippen LogP contribution in [0, 0.1) is 3.57 Å². The fraction of sp³-hybridized carbons (Fsp3) is 0.231. The summed E-state index contributed by atoms with van der Waals surface area (Å²) in [5.74, 6) is -1.09. The predicted molar refractivity (Wildman–Crippen MR) is 94.2 cm³/mol. The second kappa shape index (κ2) is 7.64. The second-order valence-corrected chi connectivity index (χ2v) is 6.63. The average molecular weight is 449 g/mol. The summed E-state index contributed by atoms with van der Waals surface area (Å²) in [5.41, 5.74) is 0.629. The van der Waals surface area contributed by atoms with Crippen LogP contribution in [0.3, 0.4) is 0 Å². The maximum Gasteiger partial charge on any atom is 0.305 e. The highest BCUT2D eigenvalue weighted by Crippen LogP contribution is 2.32. The molecule has 1 aromatic rings. The van der Waals surface area contributed by atoms with Gasteiger partial charge in [-0.05, 0) is 34.7 Å². The molecule has 8 nitrogen and oxygen atoms in total. The Labute approximate surface area is 149 Å². The number of aliphatic carboxylic acids is 1. The van der Waals surface area contributed by atoms with Crippen LogP contribution < -0.4 is 10.1 Å². The summed E-state index contributed by atoms with van der Waals surface area (Å²) in [6.45, 7) is 0. The molecular weight excluding hydrogens is 437 g/mol. The zero-order valence-corrected chi connectivity index (χ0v) is 14.8. The quantitative estimate of drug-likeness (QED) is 0.355. The van der Waals surface area contributed by atoms with E-state index in [2.05, 4.69) is 15.5 Å². The summed E-state index contributed by atoms with van der Waals surface area (Å²) in [4.78, 5) is 22.2. The number of phenols is 1. The van der Waals surface area contributed by atoms with Gasteiger partial charge in [0.2, 0.25) is 5.91 Å². The summed E-state index contributed by atoms with van der Waals surface area (Å²) < 4.78 is 5.55. The standard InChI is InChI=1S/C13H12IN3O5S/c1-22-7-3-2-6(10(14)11(7)20)5-15-17-13-16-12(21)8(23-13)4-9(18)19/h2-3,5,8,20H,4H2,1H3,(H,18,19)(H,16,17,21). The van der Waals surface area contributed by atoms with Crippen LogP contribution in [0.2, 0.25) is 0 Å². The number of carboxylic acid groups (broad SMARTS) is 1. The Hall–Kier alpha value is -1.82. The van der Waals surface area contributed by atoms with Crippen molar-refractivity contribution in [3.05, 3.63) is 21.3 Å². The normalized spacial score (nSPS) is 19.3. The number of methoxy groups -OCH3 is 1. The van der Waals surface area contributed by atoms with Crippen LogP contribution in [0.5, 0.6) is 11.5 Å². The first-order valence-corrected chi connectivity index (χ1v) is 8.24. The monoisotopic (exact) mass is 449 g/mol. The van der Waals surface area contributed by atoms with Crippen LogP contribution in [-0.2, 0) is 9.59 Å². The average Bonchev–Trinajstić information content (AvgIpc) is 2.83. The maximum absolute atomic E-state index is 11.5. The summed E-state index contributed by atoms with van der Waals surface area (Å²) in [6, 6.07) is 3.30. The third-order valence-corrected chi connectivity index (χ3v) is 5.02. The van der Waals surface area contributed by atoms with Crippen LogP contribution in [0.15, 0.2) is 22.3 Å². The molecule has 1 aliphatic heterocycles. The van der Waals surface area contributed by atoms with E-state index in [1.54, 1.807) is 12.1 Å². The van der Waals surface area contributed by atoms with Crippen molar-refractivity contribution in [2.45, 2.75) is 11.7 Å². The Bertz CT molecular complexity index is 707. The van der Waals surface area contributed by atoms with Gasteiger partial charge < -0.3 is 20.3 Å². The van der Waals surface area contributed by atoms with Gasteiger partial charge in [-0.1, -0.05) is 11.8 Å². The number of hydrogen-bond acceptors (Lipinski definition) is 7. The Morgan fingerprint density at radius 2 is 2.30 bits per heavy atom. The summed E-state index contributed by atoms with van der Waals surface area (Å²) in [5, 5.41) is 28.3. The Morgan fingerprint density at radius 3 is 2.96 bits per heavy atom. The van der Waals surface area contributed by atoms with Crippen molar-refractivity contribution < 1.29 is 24.5 Å². The van der Waals surface area contributed by atoms with Gasteiger partial charge in [-0.15, -0.1) is 5.10 Å². The highest BCUT2D eigenvalue weighted by atomic mass is 127. The molecule has 0 aromatic heterocycles. The summed E-state index contributed by atoms with van der Waals surface area (Å²) in [6.07, 6.45) is 1.15. The second-order valence-electron chi connectivity index (χ2n) is 4.36. The number of carbonyl (C=O) groups excluding carboxylic acids is 1. The van der Waals surface area contributed by atoms with E-state index in [0.717, 1.165) is 11.8 Å². The zero-order chi connectivity index (χ0) is 17.0. The van der Waals surface area contributed by atoms with Gasteiger partial charge in [0, 0.05) is 5.56 Å². The van der Waals surface area contributed by atoms with Gasteiger partial charge in [0.25, 0.3) is 0 Å². The summed E-state index contributed by atoms with van der Waals surface area (Å²) >= 11 is 2.97. The molecule has 1 aliphatic rings. The number of aromatic hydroxyl groups is 1. The van der Waals surface area contributed by atoms with Crippen molar-refractivity contribution >= 4 is 57.6 Å². The van der Waals surface area contributed by atoms with E-state index in [4.69, 9.17) is 9.84 Å². The van der Waals surface area contributed by atoms with Crippen LogP contribution in [0.25, 0.3) is 0 Å². The number of carboxylic acids is 1. The number of halogens is 1. The molecule has 1 unspecified atom stereocenters. The zero-order valence-electron chi connectivity index (χ0n) is 11.8. The SMILES string of the molecule is COc1ccc(C=NN=C2NC(=O)C(CC(=O)O)S2)c(I)c1O. The van der Waals surface area contributed by atoms with Gasteiger partial charge in [0.1, 0.15) is 5.25 Å². The molecule has 1 atom stereocenters. The number of amides is 1. The van der Waals surface area contributed by atoms with Gasteiger partial charge in [-0.25, -0.2) is 0 Å². The lowest BCUT2D eigenvalue weighted by atomic mass is 10.2. The van der Waals surface area contributed by atoms with Crippen molar-refractivity contribution in [1.82, 2.24) is 5.32 Å². The molecule has 1 heterocycles. The third-order valence-electron chi connectivity index (χ3n) is 2.81. The number of nitrogens with one attached hydrogen (secondary N) is 1. The molecule has 1 saturated heterocycles. The van der Waals surface area contributed by atoms with Gasteiger partial charge in [0.15, 0.2) is 16.7 Å². The van der Waals surface area contributed by atoms with E-state index in [0.29, 0.717) is 14.9 Å². The van der Waals surface area contributed by atoms with E-state index in [-0.39, 0.29) is 17.3 Å². The number of ether oxygens (including phenoxy) is 1. The molecular formula is C13H12IN3O5S. The molecule has 23 heavy (non-hydrogen) atoms. The molecule has 1 amide bonds. The van der Waals surface area contributed by atoms with E-state index in [1.165, 1.54) is 13.3 Å². The number of thioether (sulfide) groups is 1. The smallest absolute Gasteiger partial charge is 0.305 e. The number of hydrogen-bond donors (Lipinski definition) is 3. The van der Waals surface area contributed by atoms with Gasteiger partial charge in [-0.3, -0.25) is 9.59 Å². The molecule has 0 saturated carbocycles. The minimum Gasteiger partial charge on any atom is -0.504 e. The number of amidine groups is 1. The van der Waals surface area contributed by atoms with E-state index < -0.39 is 17.1 Å². The van der Waals surface area contributed by atoms with Crippen molar-refractivity contribution in [3.63, 3.8) is 0 Å². The number of carbonyl (C=O) groups is 2. The molecule has 1 fully saturated rings. The topological polar surface area (TPSA) is 121 Å². The van der Waals surface area contributed by atoms with Crippen molar-refractivity contribution in [2.24, 2.45) is 10.2 Å². The van der Waals surface area contributed by atoms with Gasteiger partial charge >= 0.3 is 5.97 Å². The van der Waals surface area contributed by atoms with Gasteiger partial charge in [-0.2, -0.15) is 5.10 Å². The fourth-order valence-corrected chi connectivity index (χ4v) is 3.22. The lowest BCUT2D eigenvalue weighted by Crippen LogP contribution is -2.26. The van der Waals surface area contributed by atoms with Crippen LogP contribution in [-0.4, -0.2) is 45.8 Å². The first-order valence-electron chi connectivity index (χ1n) is 6.28. The third kappa shape index (κ3) is 4.34. The summed E-state index contributed by atoms with van der Waals surface area (Å²) in [7, 11) is 1.46. The molecule has 10 heteroatoms. The van der Waals surface area contributed by atoms with E-state index in [1.807, 2.05) is 22.6 Å². The highest BCUT2D eigenvalue weighted by Gasteiger charge is 2.32. The molecule has 3 N–H and O–H groups in total. The number of phenolic OH excluding ortho intramolecular Hbond substituents is 1. The minimum absolute atomic E-state index is 0.00905. The maximum atomic E-state index is 11.5. The van der Waals surface area contributed by atoms with Gasteiger partial charge in [0.05, 0.1) is 23.3 Å². The minimum atomic E-state index is -1.05. The van der Waals surface area contributed by atoms with E-state index >= 15 is 0 Å². The molecule has 0 aliphatic carbocycles. The number of nitrogens with zero attached hydrogens (tertiary/aromatic N) is 2. The first kappa shape index (κ1) is 17.5. The van der Waals surface area contributed by atoms with Crippen molar-refractivity contribution in [3.8, 4) is 11.5 Å². The first-order chi connectivity index (χ1) is 10.9. The molecule has 0 spiro atoms. The molecule has 122 valence electrons. The van der Waals surface area contributed by atoms with Crippen LogP contribution in [0.1, 0.15) is 12.0 Å². The van der Waals surface area contributed by atoms with Crippen LogP contribution in [0.4, 0.5) is 0 Å². The van der Waals surface area contributed by atoms with Crippen molar-refractivity contribution in [2.75, 3.05) is 7.11 Å². The lowest BCUT2D eigenvalue weighted by Gasteiger charge is -2.06. The predicted octanol–water partition coefficient (Wildman–Crippen LogP) is 1.40. The Morgan fingerprint density at radius 1 is 1.57 bits per heavy atom. The number of benzene rings is 1. The Balaban J connectivity index is 2.09. The largest absolute Gasteiger partial charge is 0.504 e. The van der Waals surface area contributed by atoms with E-state index in [9.17, 15) is 14.7 Å². The fourth-order valence-electron chi connectivity index (χ4n) is 1.72. The molecule has 0 bridgehead atoms. The number of rotatable bonds is 5. The van der Waals surface area contributed by atoms with Crippen molar-refractivity contribution in [1.29, 1.82) is 0 Å². The molecule has 2 rings (SSSR count). The molecule has 1 aromatic carbocycles. The Kier molecular flexibility index (Phi) is 5.82. The lowest BCUT2D eigenvalue weighted by molar-refractivity contribution is -0.138. The van der Waals surface area contributed by atoms with Crippen LogP contribution >= 0.6 is 34.4 Å².